The van der Waals surface area contributed by atoms with Crippen molar-refractivity contribution in [2.75, 3.05) is 15.5 Å². The Bertz CT molecular complexity index is 1380. The van der Waals surface area contributed by atoms with E-state index in [-0.39, 0.29) is 23.1 Å². The zero-order valence-electron chi connectivity index (χ0n) is 18.8. The second-order valence-corrected chi connectivity index (χ2v) is 9.22. The molecule has 3 amide bonds. The first-order valence-corrected chi connectivity index (χ1v) is 11.7. The molecular weight excluding hydrogens is 509 g/mol. The highest BCUT2D eigenvalue weighted by molar-refractivity contribution is 6.53. The van der Waals surface area contributed by atoms with Gasteiger partial charge in [-0.25, -0.2) is 4.90 Å². The summed E-state index contributed by atoms with van der Waals surface area (Å²) >= 11 is 18.5. The number of nitrogens with zero attached hydrogens (tertiary/aromatic N) is 1. The van der Waals surface area contributed by atoms with Gasteiger partial charge in [0.05, 0.1) is 12.1 Å². The number of aryl methyl sites for hydroxylation is 1. The van der Waals surface area contributed by atoms with E-state index in [0.717, 1.165) is 21.6 Å². The van der Waals surface area contributed by atoms with Gasteiger partial charge < -0.3 is 10.6 Å². The molecule has 178 valence electrons. The third-order valence-electron chi connectivity index (χ3n) is 5.57. The van der Waals surface area contributed by atoms with Gasteiger partial charge in [0.1, 0.15) is 10.7 Å². The zero-order chi connectivity index (χ0) is 25.3. The normalized spacial score (nSPS) is 13.5. The van der Waals surface area contributed by atoms with Crippen LogP contribution in [0.1, 0.15) is 16.7 Å². The van der Waals surface area contributed by atoms with Crippen LogP contribution in [0, 0.1) is 13.8 Å². The molecule has 4 rings (SSSR count). The summed E-state index contributed by atoms with van der Waals surface area (Å²) in [6.45, 7) is 3.66. The van der Waals surface area contributed by atoms with Crippen molar-refractivity contribution >= 4 is 69.6 Å². The van der Waals surface area contributed by atoms with Gasteiger partial charge in [0.15, 0.2) is 0 Å². The highest BCUT2D eigenvalue weighted by Crippen LogP contribution is 2.32. The molecule has 35 heavy (non-hydrogen) atoms. The highest BCUT2D eigenvalue weighted by Gasteiger charge is 2.39. The standard InChI is InChI=1S/C26H20Cl3N3O3/c1-14-6-11-18(13-20(14)28)32-25(34)23(29)24(26(32)35)30-17-9-7-16(8-10-17)12-22(33)31-21-5-3-4-19(27)15(21)2/h3-11,13,30H,12H2,1-2H3,(H,31,33). The Morgan fingerprint density at radius 2 is 1.60 bits per heavy atom. The van der Waals surface area contributed by atoms with Crippen LogP contribution in [-0.4, -0.2) is 17.7 Å². The number of hydrogen-bond donors (Lipinski definition) is 2. The van der Waals surface area contributed by atoms with E-state index in [1.165, 1.54) is 0 Å². The fourth-order valence-electron chi connectivity index (χ4n) is 3.54. The van der Waals surface area contributed by atoms with Crippen LogP contribution in [0.3, 0.4) is 0 Å². The third kappa shape index (κ3) is 5.20. The molecule has 0 saturated carbocycles. The highest BCUT2D eigenvalue weighted by atomic mass is 35.5. The monoisotopic (exact) mass is 527 g/mol. The van der Waals surface area contributed by atoms with Crippen LogP contribution in [0.2, 0.25) is 10.0 Å². The summed E-state index contributed by atoms with van der Waals surface area (Å²) in [7, 11) is 0. The van der Waals surface area contributed by atoms with Gasteiger partial charge in [-0.3, -0.25) is 14.4 Å². The Morgan fingerprint density at radius 1 is 0.886 bits per heavy atom. The summed E-state index contributed by atoms with van der Waals surface area (Å²) in [5.74, 6) is -1.41. The SMILES string of the molecule is Cc1ccc(N2C(=O)C(Cl)=C(Nc3ccc(CC(=O)Nc4cccc(Cl)c4C)cc3)C2=O)cc1Cl. The van der Waals surface area contributed by atoms with Crippen molar-refractivity contribution in [2.45, 2.75) is 20.3 Å². The van der Waals surface area contributed by atoms with E-state index < -0.39 is 11.8 Å². The lowest BCUT2D eigenvalue weighted by molar-refractivity contribution is -0.120. The number of halogens is 3. The molecule has 0 radical (unpaired) electrons. The van der Waals surface area contributed by atoms with Gasteiger partial charge in [-0.2, -0.15) is 0 Å². The van der Waals surface area contributed by atoms with Crippen LogP contribution in [0.5, 0.6) is 0 Å². The van der Waals surface area contributed by atoms with E-state index in [9.17, 15) is 14.4 Å². The molecule has 0 aromatic heterocycles. The fraction of sp³-hybridized carbons (Fsp3) is 0.115. The first-order valence-electron chi connectivity index (χ1n) is 10.6. The molecule has 3 aromatic rings. The molecule has 0 saturated heterocycles. The fourth-order valence-corrected chi connectivity index (χ4v) is 4.10. The molecule has 0 unspecified atom stereocenters. The molecule has 0 aliphatic carbocycles. The summed E-state index contributed by atoms with van der Waals surface area (Å²) in [5.41, 5.74) is 3.88. The van der Waals surface area contributed by atoms with Crippen molar-refractivity contribution in [3.63, 3.8) is 0 Å². The minimum absolute atomic E-state index is 0.0321. The van der Waals surface area contributed by atoms with Crippen LogP contribution in [0.15, 0.2) is 71.4 Å². The smallest absolute Gasteiger partial charge is 0.283 e. The van der Waals surface area contributed by atoms with Gasteiger partial charge in [-0.05, 0) is 66.9 Å². The lowest BCUT2D eigenvalue weighted by atomic mass is 10.1. The van der Waals surface area contributed by atoms with Gasteiger partial charge in [-0.15, -0.1) is 0 Å². The second kappa shape index (κ2) is 10.1. The maximum Gasteiger partial charge on any atom is 0.283 e. The van der Waals surface area contributed by atoms with Gasteiger partial charge in [0.2, 0.25) is 5.91 Å². The first-order chi connectivity index (χ1) is 16.7. The predicted octanol–water partition coefficient (Wildman–Crippen LogP) is 6.23. The van der Waals surface area contributed by atoms with E-state index in [0.29, 0.717) is 27.1 Å². The van der Waals surface area contributed by atoms with Crippen LogP contribution in [-0.2, 0) is 20.8 Å². The minimum atomic E-state index is -0.635. The summed E-state index contributed by atoms with van der Waals surface area (Å²) < 4.78 is 0. The lowest BCUT2D eigenvalue weighted by Gasteiger charge is -2.16. The second-order valence-electron chi connectivity index (χ2n) is 8.03. The third-order valence-corrected chi connectivity index (χ3v) is 6.74. The number of imide groups is 1. The molecule has 0 bridgehead atoms. The van der Waals surface area contributed by atoms with Gasteiger partial charge >= 0.3 is 0 Å². The van der Waals surface area contributed by atoms with Gasteiger partial charge in [0.25, 0.3) is 11.8 Å². The molecule has 3 aromatic carbocycles. The van der Waals surface area contributed by atoms with E-state index in [4.69, 9.17) is 34.8 Å². The Morgan fingerprint density at radius 3 is 2.29 bits per heavy atom. The average molecular weight is 529 g/mol. The first kappa shape index (κ1) is 24.8. The van der Waals surface area contributed by atoms with Crippen molar-refractivity contribution in [1.29, 1.82) is 0 Å². The summed E-state index contributed by atoms with van der Waals surface area (Å²) in [6.07, 6.45) is 0.148. The molecule has 0 fully saturated rings. The number of anilines is 3. The maximum atomic E-state index is 13.0. The van der Waals surface area contributed by atoms with Crippen molar-refractivity contribution in [1.82, 2.24) is 0 Å². The molecule has 1 aliphatic heterocycles. The van der Waals surface area contributed by atoms with Crippen LogP contribution in [0.4, 0.5) is 17.1 Å². The van der Waals surface area contributed by atoms with Crippen molar-refractivity contribution in [3.8, 4) is 0 Å². The van der Waals surface area contributed by atoms with Crippen molar-refractivity contribution in [2.24, 2.45) is 0 Å². The minimum Gasteiger partial charge on any atom is -0.350 e. The van der Waals surface area contributed by atoms with E-state index >= 15 is 0 Å². The van der Waals surface area contributed by atoms with Crippen LogP contribution in [0.25, 0.3) is 0 Å². The number of rotatable bonds is 6. The maximum absolute atomic E-state index is 13.0. The van der Waals surface area contributed by atoms with Crippen LogP contribution >= 0.6 is 34.8 Å². The van der Waals surface area contributed by atoms with Gasteiger partial charge in [-0.1, -0.05) is 59.1 Å². The number of carbonyl (C=O) groups excluding carboxylic acids is 3. The largest absolute Gasteiger partial charge is 0.350 e. The van der Waals surface area contributed by atoms with Crippen molar-refractivity contribution in [3.05, 3.63) is 98.1 Å². The topological polar surface area (TPSA) is 78.5 Å². The molecule has 0 atom stereocenters. The number of carbonyl (C=O) groups is 3. The van der Waals surface area contributed by atoms with E-state index in [1.54, 1.807) is 60.7 Å². The molecule has 6 nitrogen and oxygen atoms in total. The van der Waals surface area contributed by atoms with Crippen LogP contribution < -0.4 is 15.5 Å². The lowest BCUT2D eigenvalue weighted by Crippen LogP contribution is -2.32. The Hall–Kier alpha value is -3.32. The Kier molecular flexibility index (Phi) is 7.17. The van der Waals surface area contributed by atoms with Gasteiger partial charge in [0, 0.05) is 21.4 Å². The molecular formula is C26H20Cl3N3O3. The number of hydrogen-bond acceptors (Lipinski definition) is 4. The summed E-state index contributed by atoms with van der Waals surface area (Å²) in [4.78, 5) is 39.1. The molecule has 1 heterocycles. The average Bonchev–Trinajstić information content (AvgIpc) is 3.03. The van der Waals surface area contributed by atoms with E-state index in [2.05, 4.69) is 10.6 Å². The predicted molar refractivity (Wildman–Crippen MR) is 140 cm³/mol. The molecule has 2 N–H and O–H groups in total. The number of amides is 3. The zero-order valence-corrected chi connectivity index (χ0v) is 21.1. The molecule has 1 aliphatic rings. The van der Waals surface area contributed by atoms with Crippen molar-refractivity contribution < 1.29 is 14.4 Å². The summed E-state index contributed by atoms with van der Waals surface area (Å²) in [6, 6.07) is 17.1. The number of nitrogens with one attached hydrogen (secondary N) is 2. The molecule has 0 spiro atoms. The van der Waals surface area contributed by atoms with E-state index in [1.807, 2.05) is 13.8 Å². The Balaban J connectivity index is 1.44. The Labute approximate surface area is 217 Å². The molecule has 9 heteroatoms. The summed E-state index contributed by atoms with van der Waals surface area (Å²) in [5, 5.41) is 6.57. The quantitative estimate of drug-likeness (QED) is 0.372. The number of benzene rings is 3.